The zero-order chi connectivity index (χ0) is 18.5. The number of hydrogen-bond acceptors (Lipinski definition) is 4. The molecule has 27 heavy (non-hydrogen) atoms. The lowest BCUT2D eigenvalue weighted by Crippen LogP contribution is -2.56. The molecule has 2 heterocycles. The van der Waals surface area contributed by atoms with Gasteiger partial charge in [0.15, 0.2) is 0 Å². The maximum absolute atomic E-state index is 9.58. The summed E-state index contributed by atoms with van der Waals surface area (Å²) >= 11 is 0. The van der Waals surface area contributed by atoms with Gasteiger partial charge in [0.1, 0.15) is 0 Å². The van der Waals surface area contributed by atoms with Crippen molar-refractivity contribution >= 4 is 0 Å². The molecular formula is C22H32N4O. The van der Waals surface area contributed by atoms with Gasteiger partial charge in [0.05, 0.1) is 5.69 Å². The number of aromatic nitrogens is 2. The van der Waals surface area contributed by atoms with Crippen LogP contribution in [0.25, 0.3) is 5.69 Å². The molecule has 0 radical (unpaired) electrons. The standard InChI is InChI=1S/C22H32N4O/c27-16-11-22-18-24(14-15-25(22)20-5-2-1-3-6-20)17-19-7-9-21(10-8-19)26-13-4-12-23-26/h4,7-10,12-13,20,22,27H,1-3,5-6,11,14-18H2. The molecule has 1 aliphatic carbocycles. The largest absolute Gasteiger partial charge is 0.396 e. The van der Waals surface area contributed by atoms with Gasteiger partial charge in [0.2, 0.25) is 0 Å². The van der Waals surface area contributed by atoms with Crippen LogP contribution >= 0.6 is 0 Å². The molecule has 1 saturated heterocycles. The molecule has 1 aromatic heterocycles. The summed E-state index contributed by atoms with van der Waals surface area (Å²) in [6, 6.07) is 11.9. The van der Waals surface area contributed by atoms with Crippen molar-refractivity contribution in [3.63, 3.8) is 0 Å². The number of aliphatic hydroxyl groups is 1. The molecule has 1 unspecified atom stereocenters. The van der Waals surface area contributed by atoms with E-state index >= 15 is 0 Å². The summed E-state index contributed by atoms with van der Waals surface area (Å²) in [5.41, 5.74) is 2.45. The Balaban J connectivity index is 1.37. The Labute approximate surface area is 162 Å². The Kier molecular flexibility index (Phi) is 6.22. The van der Waals surface area contributed by atoms with Crippen LogP contribution in [-0.4, -0.2) is 63.0 Å². The molecule has 5 nitrogen and oxygen atoms in total. The highest BCUT2D eigenvalue weighted by Crippen LogP contribution is 2.27. The second-order valence-electron chi connectivity index (χ2n) is 8.05. The van der Waals surface area contributed by atoms with Crippen molar-refractivity contribution in [1.82, 2.24) is 19.6 Å². The third kappa shape index (κ3) is 4.60. The van der Waals surface area contributed by atoms with Gasteiger partial charge < -0.3 is 5.11 Å². The monoisotopic (exact) mass is 368 g/mol. The predicted molar refractivity (Wildman–Crippen MR) is 108 cm³/mol. The second kappa shape index (κ2) is 9.00. The van der Waals surface area contributed by atoms with Crippen LogP contribution in [-0.2, 0) is 6.54 Å². The van der Waals surface area contributed by atoms with Crippen LogP contribution in [0.5, 0.6) is 0 Å². The molecule has 0 spiro atoms. The molecule has 1 atom stereocenters. The van der Waals surface area contributed by atoms with Crippen molar-refractivity contribution in [3.8, 4) is 5.69 Å². The Morgan fingerprint density at radius 1 is 1.04 bits per heavy atom. The molecule has 0 bridgehead atoms. The molecular weight excluding hydrogens is 336 g/mol. The van der Waals surface area contributed by atoms with Gasteiger partial charge in [-0.1, -0.05) is 31.4 Å². The summed E-state index contributed by atoms with van der Waals surface area (Å²) in [5.74, 6) is 0. The second-order valence-corrected chi connectivity index (χ2v) is 8.05. The molecule has 2 fully saturated rings. The smallest absolute Gasteiger partial charge is 0.0645 e. The van der Waals surface area contributed by atoms with E-state index in [0.29, 0.717) is 12.6 Å². The molecule has 4 rings (SSSR count). The van der Waals surface area contributed by atoms with Gasteiger partial charge in [-0.05, 0) is 43.0 Å². The SMILES string of the molecule is OCCC1CN(Cc2ccc(-n3cccn3)cc2)CCN1C1CCCCC1. The summed E-state index contributed by atoms with van der Waals surface area (Å²) in [6.07, 6.45) is 11.5. The minimum atomic E-state index is 0.292. The quantitative estimate of drug-likeness (QED) is 0.851. The van der Waals surface area contributed by atoms with Crippen LogP contribution < -0.4 is 0 Å². The van der Waals surface area contributed by atoms with Crippen LogP contribution in [0.3, 0.4) is 0 Å². The van der Waals surface area contributed by atoms with Gasteiger partial charge in [-0.25, -0.2) is 4.68 Å². The molecule has 2 aromatic rings. The first-order valence-electron chi connectivity index (χ1n) is 10.5. The van der Waals surface area contributed by atoms with E-state index in [1.165, 1.54) is 37.7 Å². The number of rotatable bonds is 6. The zero-order valence-electron chi connectivity index (χ0n) is 16.2. The van der Waals surface area contributed by atoms with Crippen LogP contribution in [0.4, 0.5) is 0 Å². The fraction of sp³-hybridized carbons (Fsp3) is 0.591. The molecule has 1 aromatic carbocycles. The molecule has 1 saturated carbocycles. The predicted octanol–water partition coefficient (Wildman–Crippen LogP) is 3.07. The summed E-state index contributed by atoms with van der Waals surface area (Å²) in [7, 11) is 0. The molecule has 1 N–H and O–H groups in total. The highest BCUT2D eigenvalue weighted by Gasteiger charge is 2.32. The minimum absolute atomic E-state index is 0.292. The fourth-order valence-corrected chi connectivity index (χ4v) is 4.81. The Hall–Kier alpha value is -1.69. The van der Waals surface area contributed by atoms with Gasteiger partial charge in [-0.3, -0.25) is 9.80 Å². The number of benzene rings is 1. The van der Waals surface area contributed by atoms with Crippen molar-refractivity contribution in [1.29, 1.82) is 0 Å². The van der Waals surface area contributed by atoms with E-state index in [4.69, 9.17) is 0 Å². The van der Waals surface area contributed by atoms with Crippen molar-refractivity contribution in [3.05, 3.63) is 48.3 Å². The van der Waals surface area contributed by atoms with E-state index in [1.54, 1.807) is 6.20 Å². The van der Waals surface area contributed by atoms with E-state index in [2.05, 4.69) is 39.2 Å². The maximum Gasteiger partial charge on any atom is 0.0645 e. The van der Waals surface area contributed by atoms with E-state index in [1.807, 2.05) is 16.9 Å². The first kappa shape index (κ1) is 18.7. The van der Waals surface area contributed by atoms with Crippen LogP contribution in [0.15, 0.2) is 42.7 Å². The van der Waals surface area contributed by atoms with Gasteiger partial charge in [-0.15, -0.1) is 0 Å². The normalized spacial score (nSPS) is 22.9. The Bertz CT molecular complexity index is 679. The average Bonchev–Trinajstić information content (AvgIpc) is 3.25. The molecule has 1 aliphatic heterocycles. The zero-order valence-corrected chi connectivity index (χ0v) is 16.2. The Morgan fingerprint density at radius 3 is 2.56 bits per heavy atom. The van der Waals surface area contributed by atoms with E-state index < -0.39 is 0 Å². The number of hydrogen-bond donors (Lipinski definition) is 1. The number of aliphatic hydroxyl groups excluding tert-OH is 1. The fourth-order valence-electron chi connectivity index (χ4n) is 4.81. The lowest BCUT2D eigenvalue weighted by Gasteiger charge is -2.46. The van der Waals surface area contributed by atoms with Crippen LogP contribution in [0.2, 0.25) is 0 Å². The van der Waals surface area contributed by atoms with Gasteiger partial charge in [0, 0.05) is 57.3 Å². The molecule has 0 amide bonds. The lowest BCUT2D eigenvalue weighted by molar-refractivity contribution is 0.0137. The van der Waals surface area contributed by atoms with E-state index in [0.717, 1.165) is 44.3 Å². The highest BCUT2D eigenvalue weighted by atomic mass is 16.3. The van der Waals surface area contributed by atoms with Crippen molar-refractivity contribution in [2.75, 3.05) is 26.2 Å². The van der Waals surface area contributed by atoms with Gasteiger partial charge in [-0.2, -0.15) is 5.10 Å². The van der Waals surface area contributed by atoms with Crippen LogP contribution in [0.1, 0.15) is 44.1 Å². The Morgan fingerprint density at radius 2 is 1.85 bits per heavy atom. The van der Waals surface area contributed by atoms with Crippen molar-refractivity contribution in [2.24, 2.45) is 0 Å². The topological polar surface area (TPSA) is 44.5 Å². The summed E-state index contributed by atoms with van der Waals surface area (Å²) in [6.45, 7) is 4.61. The highest BCUT2D eigenvalue weighted by molar-refractivity contribution is 5.33. The van der Waals surface area contributed by atoms with E-state index in [9.17, 15) is 5.11 Å². The van der Waals surface area contributed by atoms with Crippen molar-refractivity contribution < 1.29 is 5.11 Å². The minimum Gasteiger partial charge on any atom is -0.396 e. The van der Waals surface area contributed by atoms with Gasteiger partial charge in [0.25, 0.3) is 0 Å². The summed E-state index contributed by atoms with van der Waals surface area (Å²) in [4.78, 5) is 5.27. The lowest BCUT2D eigenvalue weighted by atomic mass is 9.91. The van der Waals surface area contributed by atoms with Crippen LogP contribution in [0, 0.1) is 0 Å². The van der Waals surface area contributed by atoms with Crippen molar-refractivity contribution in [2.45, 2.75) is 57.2 Å². The molecule has 5 heteroatoms. The summed E-state index contributed by atoms with van der Waals surface area (Å²) < 4.78 is 1.89. The average molecular weight is 369 g/mol. The molecule has 146 valence electrons. The van der Waals surface area contributed by atoms with Gasteiger partial charge >= 0.3 is 0 Å². The molecule has 2 aliphatic rings. The maximum atomic E-state index is 9.58. The third-order valence-electron chi connectivity index (χ3n) is 6.23. The third-order valence-corrected chi connectivity index (χ3v) is 6.23. The van der Waals surface area contributed by atoms with E-state index in [-0.39, 0.29) is 0 Å². The first-order chi connectivity index (χ1) is 13.3. The summed E-state index contributed by atoms with van der Waals surface area (Å²) in [5, 5.41) is 13.9. The first-order valence-corrected chi connectivity index (χ1v) is 10.5. The number of piperazine rings is 1. The number of nitrogens with zero attached hydrogens (tertiary/aromatic N) is 4.